The number of carbonyl (C=O) groups is 1. The third-order valence-corrected chi connectivity index (χ3v) is 4.26. The van der Waals surface area contributed by atoms with Crippen molar-refractivity contribution in [2.45, 2.75) is 50.9 Å². The van der Waals surface area contributed by atoms with E-state index in [9.17, 15) is 4.79 Å². The largest absolute Gasteiger partial charge is 0.360 e. The minimum atomic E-state index is -0.237. The maximum atomic E-state index is 12.4. The number of carbonyl (C=O) groups excluding carboxylic acids is 1. The number of aromatic nitrogens is 3. The first-order valence-electron chi connectivity index (χ1n) is 7.65. The molecule has 0 bridgehead atoms. The van der Waals surface area contributed by atoms with E-state index in [-0.39, 0.29) is 5.91 Å². The van der Waals surface area contributed by atoms with Gasteiger partial charge in [-0.3, -0.25) is 10.1 Å². The van der Waals surface area contributed by atoms with Crippen LogP contribution in [-0.4, -0.2) is 21.0 Å². The van der Waals surface area contributed by atoms with Gasteiger partial charge in [-0.2, -0.15) is 0 Å². The van der Waals surface area contributed by atoms with Crippen LogP contribution in [0.15, 0.2) is 10.7 Å². The second kappa shape index (κ2) is 5.02. The lowest BCUT2D eigenvalue weighted by Crippen LogP contribution is -2.15. The quantitative estimate of drug-likeness (QED) is 0.850. The third-order valence-electron chi connectivity index (χ3n) is 4.26. The van der Waals surface area contributed by atoms with Crippen LogP contribution < -0.4 is 5.32 Å². The van der Waals surface area contributed by atoms with Crippen LogP contribution in [0.5, 0.6) is 0 Å². The van der Waals surface area contributed by atoms with Gasteiger partial charge in [0.2, 0.25) is 5.95 Å². The maximum Gasteiger partial charge on any atom is 0.280 e. The zero-order valence-electron chi connectivity index (χ0n) is 11.8. The van der Waals surface area contributed by atoms with Gasteiger partial charge < -0.3 is 9.51 Å². The Morgan fingerprint density at radius 2 is 2.14 bits per heavy atom. The predicted molar refractivity (Wildman–Crippen MR) is 76.3 cm³/mol. The molecule has 0 radical (unpaired) electrons. The molecule has 2 aliphatic carbocycles. The summed E-state index contributed by atoms with van der Waals surface area (Å²) in [6.45, 7) is 0. The minimum absolute atomic E-state index is 0.237. The number of nitrogens with zero attached hydrogens (tertiary/aromatic N) is 2. The molecule has 1 amide bonds. The average Bonchev–Trinajstić information content (AvgIpc) is 3.18. The molecule has 2 heterocycles. The van der Waals surface area contributed by atoms with Crippen LogP contribution >= 0.6 is 0 Å². The van der Waals surface area contributed by atoms with Crippen molar-refractivity contribution in [2.75, 3.05) is 5.32 Å². The molecular weight excluding hydrogens is 268 g/mol. The molecule has 6 nitrogen and oxygen atoms in total. The van der Waals surface area contributed by atoms with Crippen molar-refractivity contribution in [2.24, 2.45) is 0 Å². The molecule has 2 N–H and O–H groups in total. The first-order chi connectivity index (χ1) is 10.3. The van der Waals surface area contributed by atoms with Gasteiger partial charge in [-0.1, -0.05) is 11.6 Å². The lowest BCUT2D eigenvalue weighted by molar-refractivity contribution is 0.101. The first kappa shape index (κ1) is 12.6. The number of imidazole rings is 1. The number of anilines is 1. The molecule has 2 aromatic rings. The average molecular weight is 286 g/mol. The minimum Gasteiger partial charge on any atom is -0.360 e. The van der Waals surface area contributed by atoms with E-state index in [4.69, 9.17) is 4.52 Å². The van der Waals surface area contributed by atoms with E-state index in [1.807, 2.05) is 0 Å². The van der Waals surface area contributed by atoms with Crippen molar-refractivity contribution >= 4 is 11.9 Å². The highest BCUT2D eigenvalue weighted by Crippen LogP contribution is 2.39. The summed E-state index contributed by atoms with van der Waals surface area (Å²) < 4.78 is 5.34. The smallest absolute Gasteiger partial charge is 0.280 e. The molecular formula is C15H18N4O2. The van der Waals surface area contributed by atoms with Crippen LogP contribution in [0.1, 0.15) is 65.5 Å². The van der Waals surface area contributed by atoms with Crippen molar-refractivity contribution < 1.29 is 9.32 Å². The number of aryl methyl sites for hydroxylation is 1. The fourth-order valence-electron chi connectivity index (χ4n) is 2.91. The van der Waals surface area contributed by atoms with Gasteiger partial charge in [-0.05, 0) is 32.1 Å². The van der Waals surface area contributed by atoms with Gasteiger partial charge >= 0.3 is 0 Å². The summed E-state index contributed by atoms with van der Waals surface area (Å²) >= 11 is 0. The van der Waals surface area contributed by atoms with E-state index < -0.39 is 0 Å². The number of amides is 1. The van der Waals surface area contributed by atoms with Crippen LogP contribution in [0.2, 0.25) is 0 Å². The van der Waals surface area contributed by atoms with E-state index >= 15 is 0 Å². The summed E-state index contributed by atoms with van der Waals surface area (Å²) in [4.78, 5) is 19.7. The molecule has 0 atom stereocenters. The second-order valence-corrected chi connectivity index (χ2v) is 5.91. The Morgan fingerprint density at radius 1 is 1.29 bits per heavy atom. The van der Waals surface area contributed by atoms with Crippen LogP contribution in [0.4, 0.5) is 5.95 Å². The van der Waals surface area contributed by atoms with Crippen molar-refractivity contribution in [3.63, 3.8) is 0 Å². The Kier molecular flexibility index (Phi) is 3.02. The summed E-state index contributed by atoms with van der Waals surface area (Å²) in [6.07, 6.45) is 9.31. The molecule has 0 saturated heterocycles. The summed E-state index contributed by atoms with van der Waals surface area (Å²) in [5.74, 6) is 1.72. The summed E-state index contributed by atoms with van der Waals surface area (Å²) in [7, 11) is 0. The number of nitrogens with one attached hydrogen (secondary N) is 2. The Balaban J connectivity index is 1.52. The molecule has 6 heteroatoms. The fraction of sp³-hybridized carbons (Fsp3) is 0.533. The van der Waals surface area contributed by atoms with E-state index in [2.05, 4.69) is 20.4 Å². The highest BCUT2D eigenvalue weighted by molar-refractivity contribution is 6.03. The van der Waals surface area contributed by atoms with Gasteiger partial charge in [0.1, 0.15) is 5.76 Å². The zero-order chi connectivity index (χ0) is 14.2. The van der Waals surface area contributed by atoms with Crippen LogP contribution in [0, 0.1) is 0 Å². The van der Waals surface area contributed by atoms with Gasteiger partial charge in [0, 0.05) is 23.6 Å². The molecule has 0 spiro atoms. The Labute approximate surface area is 122 Å². The van der Waals surface area contributed by atoms with E-state index in [0.29, 0.717) is 17.6 Å². The van der Waals surface area contributed by atoms with E-state index in [1.165, 1.54) is 19.3 Å². The van der Waals surface area contributed by atoms with Crippen molar-refractivity contribution in [3.05, 3.63) is 28.9 Å². The number of hydrogen-bond acceptors (Lipinski definition) is 4. The maximum absolute atomic E-state index is 12.4. The SMILES string of the molecule is O=C(Nc1ncc(C2CC2)[nH]1)c1noc2c1CCCCC2. The van der Waals surface area contributed by atoms with E-state index in [1.54, 1.807) is 6.20 Å². The highest BCUT2D eigenvalue weighted by atomic mass is 16.5. The third kappa shape index (κ3) is 2.46. The topological polar surface area (TPSA) is 83.8 Å². The van der Waals surface area contributed by atoms with Crippen molar-refractivity contribution in [3.8, 4) is 0 Å². The first-order valence-corrected chi connectivity index (χ1v) is 7.65. The molecule has 0 unspecified atom stereocenters. The number of H-pyrrole nitrogens is 1. The predicted octanol–water partition coefficient (Wildman–Crippen LogP) is 2.80. The molecule has 21 heavy (non-hydrogen) atoms. The molecule has 0 aromatic carbocycles. The van der Waals surface area contributed by atoms with Gasteiger partial charge in [0.05, 0.1) is 6.20 Å². The van der Waals surface area contributed by atoms with E-state index in [0.717, 1.165) is 42.7 Å². The highest BCUT2D eigenvalue weighted by Gasteiger charge is 2.27. The molecule has 2 aliphatic rings. The van der Waals surface area contributed by atoms with Crippen molar-refractivity contribution in [1.82, 2.24) is 15.1 Å². The van der Waals surface area contributed by atoms with Crippen LogP contribution in [-0.2, 0) is 12.8 Å². The Morgan fingerprint density at radius 3 is 3.00 bits per heavy atom. The van der Waals surface area contributed by atoms with Crippen molar-refractivity contribution in [1.29, 1.82) is 0 Å². The molecule has 1 fully saturated rings. The summed E-state index contributed by atoms with van der Waals surface area (Å²) in [6, 6.07) is 0. The molecule has 110 valence electrons. The molecule has 4 rings (SSSR count). The van der Waals surface area contributed by atoms with Gasteiger partial charge in [0.15, 0.2) is 5.69 Å². The monoisotopic (exact) mass is 286 g/mol. The summed E-state index contributed by atoms with van der Waals surface area (Å²) in [5.41, 5.74) is 2.49. The Bertz CT molecular complexity index is 669. The van der Waals surface area contributed by atoms with Gasteiger partial charge in [-0.15, -0.1) is 0 Å². The molecule has 0 aliphatic heterocycles. The van der Waals surface area contributed by atoms with Crippen LogP contribution in [0.3, 0.4) is 0 Å². The van der Waals surface area contributed by atoms with Crippen LogP contribution in [0.25, 0.3) is 0 Å². The number of aromatic amines is 1. The zero-order valence-corrected chi connectivity index (χ0v) is 11.8. The fourth-order valence-corrected chi connectivity index (χ4v) is 2.91. The van der Waals surface area contributed by atoms with Gasteiger partial charge in [-0.25, -0.2) is 4.98 Å². The number of hydrogen-bond donors (Lipinski definition) is 2. The molecule has 1 saturated carbocycles. The second-order valence-electron chi connectivity index (χ2n) is 5.91. The lowest BCUT2D eigenvalue weighted by atomic mass is 10.1. The normalized spacial score (nSPS) is 18.1. The standard InChI is InChI=1S/C15H18N4O2/c20-14(18-15-16-8-11(17-15)9-6-7-9)13-10-4-2-1-3-5-12(10)21-19-13/h8-9H,1-7H2,(H2,16,17,18,20). The lowest BCUT2D eigenvalue weighted by Gasteiger charge is -2.01. The van der Waals surface area contributed by atoms with Gasteiger partial charge in [0.25, 0.3) is 5.91 Å². The molecule has 2 aromatic heterocycles. The Hall–Kier alpha value is -2.11. The number of fused-ring (bicyclic) bond motifs is 1. The summed E-state index contributed by atoms with van der Waals surface area (Å²) in [5, 5.41) is 6.75. The number of rotatable bonds is 3.